The van der Waals surface area contributed by atoms with E-state index < -0.39 is 0 Å². The quantitative estimate of drug-likeness (QED) is 0.142. The molecule has 3 heterocycles. The average molecular weight is 933 g/mol. The fraction of sp³-hybridized carbons (Fsp3) is 0.0290. The van der Waals surface area contributed by atoms with Crippen LogP contribution in [0.1, 0.15) is 18.0 Å². The summed E-state index contributed by atoms with van der Waals surface area (Å²) in [6, 6.07) is 93.5. The van der Waals surface area contributed by atoms with Gasteiger partial charge in [-0.05, 0) is 160 Å². The predicted octanol–water partition coefficient (Wildman–Crippen LogP) is 18.6. The van der Waals surface area contributed by atoms with Crippen molar-refractivity contribution >= 4 is 77.7 Å². The van der Waals surface area contributed by atoms with Gasteiger partial charge in [-0.25, -0.2) is 0 Å². The first-order chi connectivity index (χ1) is 36.2. The van der Waals surface area contributed by atoms with Crippen molar-refractivity contribution in [3.05, 3.63) is 273 Å². The molecule has 1 aliphatic heterocycles. The van der Waals surface area contributed by atoms with E-state index in [-0.39, 0.29) is 6.04 Å². The molecular formula is C69H48N4. The molecule has 0 radical (unpaired) electrons. The van der Waals surface area contributed by atoms with E-state index in [4.69, 9.17) is 4.99 Å². The molecule has 0 spiro atoms. The minimum absolute atomic E-state index is 0.155. The summed E-state index contributed by atoms with van der Waals surface area (Å²) < 4.78 is 4.85. The van der Waals surface area contributed by atoms with Gasteiger partial charge in [-0.3, -0.25) is 4.99 Å². The Labute approximate surface area is 424 Å². The number of dihydropyridines is 1. The van der Waals surface area contributed by atoms with E-state index in [1.165, 1.54) is 87.8 Å². The molecule has 0 fully saturated rings. The third-order valence-electron chi connectivity index (χ3n) is 14.8. The van der Waals surface area contributed by atoms with Gasteiger partial charge in [0.2, 0.25) is 0 Å². The highest BCUT2D eigenvalue weighted by Gasteiger charge is 2.20. The third kappa shape index (κ3) is 7.42. The van der Waals surface area contributed by atoms with Crippen molar-refractivity contribution in [2.75, 3.05) is 4.90 Å². The Morgan fingerprint density at radius 3 is 1.30 bits per heavy atom. The predicted molar refractivity (Wildman–Crippen MR) is 309 cm³/mol. The second-order valence-electron chi connectivity index (χ2n) is 19.1. The molecular weight excluding hydrogens is 885 g/mol. The molecule has 4 heteroatoms. The van der Waals surface area contributed by atoms with Crippen LogP contribution in [0.25, 0.3) is 99.1 Å². The van der Waals surface area contributed by atoms with Crippen LogP contribution in [0, 0.1) is 0 Å². The maximum Gasteiger partial charge on any atom is 0.0783 e. The van der Waals surface area contributed by atoms with Gasteiger partial charge in [-0.15, -0.1) is 0 Å². The monoisotopic (exact) mass is 932 g/mol. The normalized spacial score (nSPS) is 13.5. The molecule has 0 bridgehead atoms. The third-order valence-corrected chi connectivity index (χ3v) is 14.8. The zero-order valence-corrected chi connectivity index (χ0v) is 40.1. The van der Waals surface area contributed by atoms with E-state index in [0.29, 0.717) is 0 Å². The van der Waals surface area contributed by atoms with Crippen molar-refractivity contribution < 1.29 is 0 Å². The molecule has 4 nitrogen and oxygen atoms in total. The summed E-state index contributed by atoms with van der Waals surface area (Å²) in [6.07, 6.45) is 7.07. The molecule has 1 unspecified atom stereocenters. The zero-order chi connectivity index (χ0) is 48.2. The summed E-state index contributed by atoms with van der Waals surface area (Å²) in [5.74, 6) is 0. The number of hydrogen-bond donors (Lipinski definition) is 0. The molecule has 0 saturated carbocycles. The highest BCUT2D eigenvalue weighted by Crippen LogP contribution is 2.43. The summed E-state index contributed by atoms with van der Waals surface area (Å²) in [5.41, 5.74) is 18.7. The maximum absolute atomic E-state index is 4.75. The SMILES string of the molecule is C1=CCC(c2ccc(-n3c4ccc(-c5ccccc5)cc4c4cc(-c5ccc6c(c5)c5cc(-c7ccccc7)ccc5n6-c5ccc(N(c6ccccc6)c6cccc7ccccc67)cc5)ccc43)cc2)N=C1. The number of nitrogens with zero attached hydrogens (tertiary/aromatic N) is 4. The fourth-order valence-corrected chi connectivity index (χ4v) is 11.3. The van der Waals surface area contributed by atoms with Gasteiger partial charge in [0.15, 0.2) is 0 Å². The number of anilines is 3. The van der Waals surface area contributed by atoms with Crippen molar-refractivity contribution in [3.63, 3.8) is 0 Å². The zero-order valence-electron chi connectivity index (χ0n) is 40.1. The standard InChI is InChI=1S/C69H48N4/c1-4-15-47(16-5-1)51-28-38-66-60(43-51)62-45-53(30-40-68(62)72(66)57-32-26-50(27-33-57)64-24-12-13-42-70-64)54-31-41-69-63(46-54)61-44-52(48-17-6-2-7-18-48)29-39-67(61)73(69)58-36-34-56(35-37-58)71(55-21-8-3-9-22-55)65-25-14-20-49-19-10-11-23-59(49)65/h1-23,25-46,64H,24H2. The largest absolute Gasteiger partial charge is 0.310 e. The molecule has 1 atom stereocenters. The molecule has 0 saturated heterocycles. The van der Waals surface area contributed by atoms with Crippen molar-refractivity contribution in [1.82, 2.24) is 9.13 Å². The van der Waals surface area contributed by atoms with Gasteiger partial charge < -0.3 is 14.0 Å². The second kappa shape index (κ2) is 17.7. The van der Waals surface area contributed by atoms with Gasteiger partial charge in [-0.2, -0.15) is 0 Å². The lowest BCUT2D eigenvalue weighted by molar-refractivity contribution is 0.740. The van der Waals surface area contributed by atoms with Crippen LogP contribution < -0.4 is 4.90 Å². The van der Waals surface area contributed by atoms with Crippen molar-refractivity contribution in [2.24, 2.45) is 4.99 Å². The molecule has 0 aliphatic carbocycles. The fourth-order valence-electron chi connectivity index (χ4n) is 11.3. The first-order valence-corrected chi connectivity index (χ1v) is 25.2. The van der Waals surface area contributed by atoms with Crippen molar-refractivity contribution in [1.29, 1.82) is 0 Å². The van der Waals surface area contributed by atoms with Gasteiger partial charge in [0, 0.05) is 55.9 Å². The van der Waals surface area contributed by atoms with E-state index in [0.717, 1.165) is 40.4 Å². The molecule has 11 aromatic carbocycles. The van der Waals surface area contributed by atoms with Gasteiger partial charge >= 0.3 is 0 Å². The lowest BCUT2D eigenvalue weighted by atomic mass is 9.98. The average Bonchev–Trinajstić information content (AvgIpc) is 3.98. The molecule has 0 N–H and O–H groups in total. The summed E-state index contributed by atoms with van der Waals surface area (Å²) in [6.45, 7) is 0. The van der Waals surface area contributed by atoms with Crippen LogP contribution in [0.15, 0.2) is 272 Å². The molecule has 2 aromatic heterocycles. The Balaban J connectivity index is 0.915. The summed E-state index contributed by atoms with van der Waals surface area (Å²) in [7, 11) is 0. The first-order valence-electron chi connectivity index (χ1n) is 25.2. The lowest BCUT2D eigenvalue weighted by Crippen LogP contribution is -2.10. The van der Waals surface area contributed by atoms with E-state index in [9.17, 15) is 0 Å². The van der Waals surface area contributed by atoms with Crippen molar-refractivity contribution in [2.45, 2.75) is 12.5 Å². The van der Waals surface area contributed by atoms with Crippen LogP contribution in [0.5, 0.6) is 0 Å². The highest BCUT2D eigenvalue weighted by molar-refractivity contribution is 6.14. The van der Waals surface area contributed by atoms with Crippen LogP contribution in [0.4, 0.5) is 17.1 Å². The number of allylic oxidation sites excluding steroid dienone is 1. The number of rotatable bonds is 9. The number of aromatic nitrogens is 2. The molecule has 14 rings (SSSR count). The number of para-hydroxylation sites is 1. The molecule has 0 amide bonds. The van der Waals surface area contributed by atoms with Gasteiger partial charge in [-0.1, -0.05) is 158 Å². The first kappa shape index (κ1) is 42.4. The second-order valence-corrected chi connectivity index (χ2v) is 19.1. The molecule has 1 aliphatic rings. The van der Waals surface area contributed by atoms with E-state index in [2.05, 4.69) is 275 Å². The number of fused-ring (bicyclic) bond motifs is 7. The smallest absolute Gasteiger partial charge is 0.0783 e. The summed E-state index contributed by atoms with van der Waals surface area (Å²) >= 11 is 0. The Morgan fingerprint density at radius 1 is 0.356 bits per heavy atom. The van der Waals surface area contributed by atoms with Crippen LogP contribution in [-0.4, -0.2) is 15.3 Å². The Hall–Kier alpha value is -9.51. The Morgan fingerprint density at radius 2 is 0.795 bits per heavy atom. The number of hydrogen-bond acceptors (Lipinski definition) is 2. The number of benzene rings is 11. The van der Waals surface area contributed by atoms with Crippen LogP contribution in [-0.2, 0) is 0 Å². The Kier molecular flexibility index (Phi) is 10.3. The molecule has 13 aromatic rings. The van der Waals surface area contributed by atoms with Gasteiger partial charge in [0.1, 0.15) is 0 Å². The van der Waals surface area contributed by atoms with Gasteiger partial charge in [0.25, 0.3) is 0 Å². The van der Waals surface area contributed by atoms with Gasteiger partial charge in [0.05, 0.1) is 33.8 Å². The molecule has 344 valence electrons. The van der Waals surface area contributed by atoms with E-state index in [1.54, 1.807) is 0 Å². The minimum Gasteiger partial charge on any atom is -0.310 e. The van der Waals surface area contributed by atoms with Crippen molar-refractivity contribution in [3.8, 4) is 44.8 Å². The lowest BCUT2D eigenvalue weighted by Gasteiger charge is -2.27. The topological polar surface area (TPSA) is 25.5 Å². The summed E-state index contributed by atoms with van der Waals surface area (Å²) in [4.78, 5) is 7.12. The van der Waals surface area contributed by atoms with E-state index in [1.807, 2.05) is 12.3 Å². The maximum atomic E-state index is 4.75. The molecule has 73 heavy (non-hydrogen) atoms. The van der Waals surface area contributed by atoms with Crippen LogP contribution in [0.3, 0.4) is 0 Å². The number of aliphatic imine (C=N–C) groups is 1. The highest BCUT2D eigenvalue weighted by atomic mass is 15.1. The minimum atomic E-state index is 0.155. The summed E-state index contributed by atoms with van der Waals surface area (Å²) in [5, 5.41) is 7.30. The van der Waals surface area contributed by atoms with Crippen LogP contribution >= 0.6 is 0 Å². The van der Waals surface area contributed by atoms with Crippen LogP contribution in [0.2, 0.25) is 0 Å². The Bertz CT molecular complexity index is 4250. The van der Waals surface area contributed by atoms with E-state index >= 15 is 0 Å².